The molecule has 2 N–H and O–H groups in total. The Hall–Kier alpha value is -2.41. The number of nitrogens with zero attached hydrogens (tertiary/aromatic N) is 2. The number of benzene rings is 1. The highest BCUT2D eigenvalue weighted by Gasteiger charge is 2.23. The molecule has 3 rings (SSSR count). The van der Waals surface area contributed by atoms with Crippen molar-refractivity contribution in [2.45, 2.75) is 18.6 Å². The van der Waals surface area contributed by atoms with E-state index in [0.717, 1.165) is 5.57 Å². The quantitative estimate of drug-likeness (QED) is 0.847. The van der Waals surface area contributed by atoms with Gasteiger partial charge in [0.15, 0.2) is 5.69 Å². The van der Waals surface area contributed by atoms with Crippen LogP contribution in [0, 0.1) is 0 Å². The zero-order valence-corrected chi connectivity index (χ0v) is 12.7. The third-order valence-electron chi connectivity index (χ3n) is 3.54. The van der Waals surface area contributed by atoms with Gasteiger partial charge in [0.05, 0.1) is 5.52 Å². The predicted octanol–water partition coefficient (Wildman–Crippen LogP) is 3.56. The van der Waals surface area contributed by atoms with Crippen LogP contribution in [-0.4, -0.2) is 23.8 Å². The highest BCUT2D eigenvalue weighted by molar-refractivity contribution is 7.90. The Kier molecular flexibility index (Phi) is 3.58. The maximum atomic E-state index is 12.2. The van der Waals surface area contributed by atoms with Gasteiger partial charge in [0.2, 0.25) is 5.88 Å². The SMILES string of the molecule is CC1=CC[C@@H](S(=O)(=O)N=Nc2c(O)[nH]c3ccccc23)C=C1. The molecule has 1 aliphatic rings. The largest absolute Gasteiger partial charge is 0.493 e. The van der Waals surface area contributed by atoms with E-state index in [9.17, 15) is 13.5 Å². The number of aromatic nitrogens is 1. The Bertz CT molecular complexity index is 907. The van der Waals surface area contributed by atoms with Gasteiger partial charge in [-0.2, -0.15) is 0 Å². The van der Waals surface area contributed by atoms with Crippen LogP contribution in [0.2, 0.25) is 0 Å². The van der Waals surface area contributed by atoms with Gasteiger partial charge in [0, 0.05) is 5.39 Å². The van der Waals surface area contributed by atoms with Crippen LogP contribution in [0.5, 0.6) is 5.88 Å². The molecule has 1 aromatic carbocycles. The lowest BCUT2D eigenvalue weighted by molar-refractivity contribution is 0.459. The summed E-state index contributed by atoms with van der Waals surface area (Å²) in [4.78, 5) is 2.73. The van der Waals surface area contributed by atoms with E-state index in [1.54, 1.807) is 36.4 Å². The molecule has 1 aromatic heterocycles. The van der Waals surface area contributed by atoms with Crippen molar-refractivity contribution in [2.24, 2.45) is 9.63 Å². The number of aromatic hydroxyl groups is 1. The molecule has 0 bridgehead atoms. The van der Waals surface area contributed by atoms with Crippen LogP contribution in [0.25, 0.3) is 10.9 Å². The van der Waals surface area contributed by atoms with Gasteiger partial charge in [0.25, 0.3) is 10.0 Å². The first kappa shape index (κ1) is 14.5. The Labute approximate surface area is 127 Å². The van der Waals surface area contributed by atoms with Gasteiger partial charge in [-0.3, -0.25) is 0 Å². The maximum Gasteiger partial charge on any atom is 0.277 e. The number of rotatable bonds is 3. The van der Waals surface area contributed by atoms with Crippen molar-refractivity contribution in [3.05, 3.63) is 48.1 Å². The molecule has 0 unspecified atom stereocenters. The van der Waals surface area contributed by atoms with Crippen LogP contribution < -0.4 is 0 Å². The van der Waals surface area contributed by atoms with Gasteiger partial charge in [0.1, 0.15) is 5.25 Å². The summed E-state index contributed by atoms with van der Waals surface area (Å²) in [5, 5.41) is 13.5. The fraction of sp³-hybridized carbons (Fsp3) is 0.200. The van der Waals surface area contributed by atoms with Gasteiger partial charge in [-0.25, -0.2) is 8.42 Å². The number of para-hydroxylation sites is 1. The molecule has 6 nitrogen and oxygen atoms in total. The first-order chi connectivity index (χ1) is 10.5. The number of hydrogen-bond donors (Lipinski definition) is 2. The number of fused-ring (bicyclic) bond motifs is 1. The molecule has 0 amide bonds. The highest BCUT2D eigenvalue weighted by Crippen LogP contribution is 2.35. The Morgan fingerprint density at radius 2 is 2.09 bits per heavy atom. The fourth-order valence-electron chi connectivity index (χ4n) is 2.30. The fourth-order valence-corrected chi connectivity index (χ4v) is 3.23. The van der Waals surface area contributed by atoms with Crippen LogP contribution in [-0.2, 0) is 10.0 Å². The average molecular weight is 317 g/mol. The number of sulfonamides is 1. The molecular formula is C15H15N3O3S. The summed E-state index contributed by atoms with van der Waals surface area (Å²) >= 11 is 0. The number of allylic oxidation sites excluding steroid dienone is 3. The molecule has 0 radical (unpaired) electrons. The van der Waals surface area contributed by atoms with Crippen molar-refractivity contribution >= 4 is 26.6 Å². The smallest absolute Gasteiger partial charge is 0.277 e. The highest BCUT2D eigenvalue weighted by atomic mass is 32.2. The topological polar surface area (TPSA) is 94.9 Å². The Morgan fingerprint density at radius 1 is 1.32 bits per heavy atom. The molecule has 1 atom stereocenters. The second-order valence-electron chi connectivity index (χ2n) is 5.15. The normalized spacial score (nSPS) is 19.0. The average Bonchev–Trinajstić information content (AvgIpc) is 2.81. The van der Waals surface area contributed by atoms with E-state index >= 15 is 0 Å². The molecule has 1 heterocycles. The van der Waals surface area contributed by atoms with Crippen molar-refractivity contribution < 1.29 is 13.5 Å². The van der Waals surface area contributed by atoms with Crippen molar-refractivity contribution in [1.82, 2.24) is 4.98 Å². The number of nitrogens with one attached hydrogen (secondary N) is 1. The minimum Gasteiger partial charge on any atom is -0.493 e. The van der Waals surface area contributed by atoms with Crippen molar-refractivity contribution in [1.29, 1.82) is 0 Å². The molecular weight excluding hydrogens is 302 g/mol. The molecule has 0 saturated heterocycles. The van der Waals surface area contributed by atoms with Gasteiger partial charge in [-0.05, 0) is 19.4 Å². The van der Waals surface area contributed by atoms with E-state index in [-0.39, 0.29) is 11.6 Å². The minimum atomic E-state index is -3.77. The molecule has 0 fully saturated rings. The maximum absolute atomic E-state index is 12.2. The standard InChI is InChI=1S/C15H15N3O3S/c1-10-6-8-11(9-7-10)22(20,21)18-17-14-12-4-2-3-5-13(12)16-15(14)19/h2-8,11,16,19H,9H2,1H3/t11-/m0/s1. The van der Waals surface area contributed by atoms with Gasteiger partial charge < -0.3 is 10.1 Å². The summed E-state index contributed by atoms with van der Waals surface area (Å²) in [6.07, 6.45) is 5.59. The zero-order valence-electron chi connectivity index (χ0n) is 11.9. The van der Waals surface area contributed by atoms with Crippen molar-refractivity contribution in [3.63, 3.8) is 0 Å². The summed E-state index contributed by atoms with van der Waals surface area (Å²) in [7, 11) is -3.77. The molecule has 2 aromatic rings. The summed E-state index contributed by atoms with van der Waals surface area (Å²) in [6, 6.07) is 7.08. The minimum absolute atomic E-state index is 0.130. The molecule has 114 valence electrons. The summed E-state index contributed by atoms with van der Waals surface area (Å²) in [5.74, 6) is -0.199. The predicted molar refractivity (Wildman–Crippen MR) is 84.7 cm³/mol. The summed E-state index contributed by atoms with van der Waals surface area (Å²) in [5.41, 5.74) is 1.82. The van der Waals surface area contributed by atoms with Crippen LogP contribution >= 0.6 is 0 Å². The van der Waals surface area contributed by atoms with Gasteiger partial charge in [-0.1, -0.05) is 46.5 Å². The van der Waals surface area contributed by atoms with Crippen LogP contribution in [0.4, 0.5) is 5.69 Å². The van der Waals surface area contributed by atoms with Crippen LogP contribution in [0.1, 0.15) is 13.3 Å². The molecule has 22 heavy (non-hydrogen) atoms. The number of H-pyrrole nitrogens is 1. The van der Waals surface area contributed by atoms with E-state index in [1.165, 1.54) is 0 Å². The lowest BCUT2D eigenvalue weighted by Crippen LogP contribution is -2.17. The monoisotopic (exact) mass is 317 g/mol. The second-order valence-corrected chi connectivity index (χ2v) is 6.94. The molecule has 0 saturated carbocycles. The van der Waals surface area contributed by atoms with Gasteiger partial charge in [-0.15, -0.1) is 5.11 Å². The third kappa shape index (κ3) is 2.67. The van der Waals surface area contributed by atoms with E-state index in [4.69, 9.17) is 0 Å². The molecule has 0 spiro atoms. The van der Waals surface area contributed by atoms with Crippen LogP contribution in [0.3, 0.4) is 0 Å². The first-order valence-electron chi connectivity index (χ1n) is 6.79. The Balaban J connectivity index is 1.93. The van der Waals surface area contributed by atoms with E-state index in [1.807, 2.05) is 13.0 Å². The van der Waals surface area contributed by atoms with Crippen molar-refractivity contribution in [3.8, 4) is 5.88 Å². The Morgan fingerprint density at radius 3 is 2.82 bits per heavy atom. The molecule has 0 aliphatic heterocycles. The van der Waals surface area contributed by atoms with E-state index in [2.05, 4.69) is 14.6 Å². The van der Waals surface area contributed by atoms with E-state index < -0.39 is 15.3 Å². The first-order valence-corrected chi connectivity index (χ1v) is 8.29. The lowest BCUT2D eigenvalue weighted by atomic mass is 10.1. The van der Waals surface area contributed by atoms with Crippen LogP contribution in [0.15, 0.2) is 57.7 Å². The summed E-state index contributed by atoms with van der Waals surface area (Å²) < 4.78 is 27.9. The molecule has 1 aliphatic carbocycles. The van der Waals surface area contributed by atoms with Crippen molar-refractivity contribution in [2.75, 3.05) is 0 Å². The third-order valence-corrected chi connectivity index (χ3v) is 4.97. The lowest BCUT2D eigenvalue weighted by Gasteiger charge is -2.11. The number of aromatic amines is 1. The number of hydrogen-bond acceptors (Lipinski definition) is 4. The zero-order chi connectivity index (χ0) is 15.7. The summed E-state index contributed by atoms with van der Waals surface area (Å²) in [6.45, 7) is 1.91. The second kappa shape index (κ2) is 5.42. The van der Waals surface area contributed by atoms with Gasteiger partial charge >= 0.3 is 0 Å². The molecule has 7 heteroatoms. The van der Waals surface area contributed by atoms with E-state index in [0.29, 0.717) is 17.3 Å².